The number of nitrogens with zero attached hydrogens (tertiary/aromatic N) is 2. The molecule has 29 heavy (non-hydrogen) atoms. The molecule has 2 amide bonds. The third-order valence-electron chi connectivity index (χ3n) is 4.19. The first-order chi connectivity index (χ1) is 13.7. The largest absolute Gasteiger partial charge is 0.465 e. The quantitative estimate of drug-likeness (QED) is 0.498. The lowest BCUT2D eigenvalue weighted by molar-refractivity contribution is 0.102. The van der Waals surface area contributed by atoms with E-state index in [1.807, 2.05) is 22.9 Å². The van der Waals surface area contributed by atoms with Gasteiger partial charge < -0.3 is 10.4 Å². The van der Waals surface area contributed by atoms with Crippen LogP contribution in [-0.2, 0) is 0 Å². The zero-order valence-corrected chi connectivity index (χ0v) is 17.7. The second kappa shape index (κ2) is 8.23. The predicted molar refractivity (Wildman–Crippen MR) is 117 cm³/mol. The summed E-state index contributed by atoms with van der Waals surface area (Å²) in [5.74, 6) is -0.405. The Bertz CT molecular complexity index is 1030. The lowest BCUT2D eigenvalue weighted by atomic mass is 10.0. The Kier molecular flexibility index (Phi) is 5.91. The Hall–Kier alpha value is -2.90. The number of hydrogen-bond acceptors (Lipinski definition) is 4. The van der Waals surface area contributed by atoms with Crippen LogP contribution < -0.4 is 10.2 Å². The summed E-state index contributed by atoms with van der Waals surface area (Å²) in [6.45, 7) is 5.38. The van der Waals surface area contributed by atoms with Crippen molar-refractivity contribution in [2.24, 2.45) is 0 Å². The van der Waals surface area contributed by atoms with Gasteiger partial charge in [-0.3, -0.25) is 9.69 Å². The first kappa shape index (κ1) is 20.8. The zero-order valence-electron chi connectivity index (χ0n) is 16.1. The number of pyridine rings is 1. The molecule has 2 heterocycles. The minimum absolute atomic E-state index is 0.284. The Labute approximate surface area is 177 Å². The van der Waals surface area contributed by atoms with Crippen LogP contribution in [0.3, 0.4) is 0 Å². The predicted octanol–water partition coefficient (Wildman–Crippen LogP) is 6.00. The summed E-state index contributed by atoms with van der Waals surface area (Å²) >= 11 is 7.35. The average molecular weight is 430 g/mol. The number of nitrogens with one attached hydrogen (secondary N) is 1. The number of halogens is 1. The molecule has 0 atom stereocenters. The van der Waals surface area contributed by atoms with Crippen LogP contribution >= 0.6 is 22.9 Å². The van der Waals surface area contributed by atoms with Crippen molar-refractivity contribution in [2.45, 2.75) is 26.3 Å². The molecule has 6 nitrogen and oxygen atoms in total. The lowest BCUT2D eigenvalue weighted by Crippen LogP contribution is -2.45. The van der Waals surface area contributed by atoms with Crippen LogP contribution in [-0.4, -0.2) is 27.6 Å². The molecule has 0 saturated carbocycles. The van der Waals surface area contributed by atoms with Crippen molar-refractivity contribution in [3.05, 3.63) is 64.1 Å². The standard InChI is InChI=1S/C21H20ClN3O3S/c1-21(2,3)25(20(27)28)17-6-4-13(15-8-9-29-12-15)10-16(17)24-19(26)14-5-7-18(22)23-11-14/h4-12H,1-3H3,(H,24,26)(H,27,28). The molecule has 0 radical (unpaired) electrons. The van der Waals surface area contributed by atoms with E-state index in [0.29, 0.717) is 16.9 Å². The third-order valence-corrected chi connectivity index (χ3v) is 5.10. The normalized spacial score (nSPS) is 11.2. The number of carboxylic acid groups (broad SMARTS) is 1. The molecule has 3 aromatic rings. The van der Waals surface area contributed by atoms with Crippen molar-refractivity contribution in [3.8, 4) is 11.1 Å². The Morgan fingerprint density at radius 1 is 1.14 bits per heavy atom. The second-order valence-electron chi connectivity index (χ2n) is 7.36. The van der Waals surface area contributed by atoms with Gasteiger partial charge in [-0.1, -0.05) is 17.7 Å². The molecule has 2 N–H and O–H groups in total. The number of anilines is 2. The number of hydrogen-bond donors (Lipinski definition) is 2. The molecule has 0 saturated heterocycles. The SMILES string of the molecule is CC(C)(C)N(C(=O)O)c1ccc(-c2ccsc2)cc1NC(=O)c1ccc(Cl)nc1. The molecule has 0 fully saturated rings. The van der Waals surface area contributed by atoms with Crippen molar-refractivity contribution in [1.82, 2.24) is 4.98 Å². The van der Waals surface area contributed by atoms with Crippen LogP contribution in [0, 0.1) is 0 Å². The lowest BCUT2D eigenvalue weighted by Gasteiger charge is -2.34. The van der Waals surface area contributed by atoms with Crippen molar-refractivity contribution in [1.29, 1.82) is 0 Å². The summed E-state index contributed by atoms with van der Waals surface area (Å²) in [4.78, 5) is 29.9. The van der Waals surface area contributed by atoms with Gasteiger partial charge in [0, 0.05) is 11.7 Å². The smallest absolute Gasteiger partial charge is 0.412 e. The van der Waals surface area contributed by atoms with Gasteiger partial charge in [-0.05, 0) is 73.0 Å². The summed E-state index contributed by atoms with van der Waals surface area (Å²) in [5.41, 5.74) is 2.25. The van der Waals surface area contributed by atoms with Crippen LogP contribution in [0.1, 0.15) is 31.1 Å². The molecule has 150 valence electrons. The van der Waals surface area contributed by atoms with E-state index in [4.69, 9.17) is 11.6 Å². The van der Waals surface area contributed by atoms with E-state index in [1.165, 1.54) is 17.2 Å². The fraction of sp³-hybridized carbons (Fsp3) is 0.190. The van der Waals surface area contributed by atoms with Gasteiger partial charge in [0.2, 0.25) is 0 Å². The van der Waals surface area contributed by atoms with E-state index >= 15 is 0 Å². The number of amides is 2. The maximum atomic E-state index is 12.8. The highest BCUT2D eigenvalue weighted by Crippen LogP contribution is 2.36. The van der Waals surface area contributed by atoms with Crippen LogP contribution in [0.5, 0.6) is 0 Å². The van der Waals surface area contributed by atoms with Crippen LogP contribution in [0.4, 0.5) is 16.2 Å². The minimum atomic E-state index is -1.11. The maximum Gasteiger partial charge on any atom is 0.412 e. The van der Waals surface area contributed by atoms with Crippen LogP contribution in [0.2, 0.25) is 5.15 Å². The molecule has 1 aromatic carbocycles. The summed E-state index contributed by atoms with van der Waals surface area (Å²) in [6.07, 6.45) is 0.267. The van der Waals surface area contributed by atoms with E-state index < -0.39 is 17.5 Å². The van der Waals surface area contributed by atoms with Gasteiger partial charge in [0.25, 0.3) is 5.91 Å². The first-order valence-electron chi connectivity index (χ1n) is 8.79. The van der Waals surface area contributed by atoms with E-state index in [-0.39, 0.29) is 5.15 Å². The van der Waals surface area contributed by atoms with Gasteiger partial charge in [0.15, 0.2) is 0 Å². The topological polar surface area (TPSA) is 82.5 Å². The van der Waals surface area contributed by atoms with Crippen molar-refractivity contribution in [3.63, 3.8) is 0 Å². The summed E-state index contributed by atoms with van der Waals surface area (Å²) < 4.78 is 0. The van der Waals surface area contributed by atoms with Gasteiger partial charge in [-0.2, -0.15) is 11.3 Å². The Morgan fingerprint density at radius 2 is 1.90 bits per heavy atom. The maximum absolute atomic E-state index is 12.8. The van der Waals surface area contributed by atoms with Gasteiger partial charge in [-0.15, -0.1) is 0 Å². The first-order valence-corrected chi connectivity index (χ1v) is 10.1. The third kappa shape index (κ3) is 4.75. The van der Waals surface area contributed by atoms with E-state index in [0.717, 1.165) is 11.1 Å². The minimum Gasteiger partial charge on any atom is -0.465 e. The summed E-state index contributed by atoms with van der Waals surface area (Å²) in [5, 5.41) is 16.9. The summed E-state index contributed by atoms with van der Waals surface area (Å²) in [7, 11) is 0. The molecular weight excluding hydrogens is 410 g/mol. The highest BCUT2D eigenvalue weighted by molar-refractivity contribution is 7.08. The van der Waals surface area contributed by atoms with Crippen molar-refractivity contribution < 1.29 is 14.7 Å². The van der Waals surface area contributed by atoms with Crippen LogP contribution in [0.25, 0.3) is 11.1 Å². The fourth-order valence-corrected chi connectivity index (χ4v) is 3.67. The average Bonchev–Trinajstić information content (AvgIpc) is 3.17. The van der Waals surface area contributed by atoms with E-state index in [1.54, 1.807) is 50.3 Å². The van der Waals surface area contributed by atoms with Crippen molar-refractivity contribution in [2.75, 3.05) is 10.2 Å². The molecule has 8 heteroatoms. The highest BCUT2D eigenvalue weighted by atomic mass is 35.5. The highest BCUT2D eigenvalue weighted by Gasteiger charge is 2.30. The van der Waals surface area contributed by atoms with E-state index in [2.05, 4.69) is 10.3 Å². The molecule has 3 rings (SSSR count). The number of rotatable bonds is 4. The number of thiophene rings is 1. The van der Waals surface area contributed by atoms with Crippen LogP contribution in [0.15, 0.2) is 53.4 Å². The summed E-state index contributed by atoms with van der Waals surface area (Å²) in [6, 6.07) is 10.4. The number of carbonyl (C=O) groups excluding carboxylic acids is 1. The Balaban J connectivity index is 2.07. The fourth-order valence-electron chi connectivity index (χ4n) is 2.90. The van der Waals surface area contributed by atoms with Gasteiger partial charge in [-0.25, -0.2) is 9.78 Å². The van der Waals surface area contributed by atoms with E-state index in [9.17, 15) is 14.7 Å². The molecular formula is C21H20ClN3O3S. The number of benzene rings is 1. The number of aromatic nitrogens is 1. The van der Waals surface area contributed by atoms with Gasteiger partial charge in [0.05, 0.1) is 16.9 Å². The molecule has 0 unspecified atom stereocenters. The Morgan fingerprint density at radius 3 is 2.45 bits per heavy atom. The second-order valence-corrected chi connectivity index (χ2v) is 8.52. The molecule has 0 bridgehead atoms. The monoisotopic (exact) mass is 429 g/mol. The number of carbonyl (C=O) groups is 2. The molecule has 0 aliphatic rings. The zero-order chi connectivity index (χ0) is 21.2. The molecule has 2 aromatic heterocycles. The van der Waals surface area contributed by atoms with Crippen molar-refractivity contribution >= 4 is 46.3 Å². The van der Waals surface area contributed by atoms with Gasteiger partial charge >= 0.3 is 6.09 Å². The molecule has 0 aliphatic heterocycles. The molecule has 0 spiro atoms. The van der Waals surface area contributed by atoms with Gasteiger partial charge in [0.1, 0.15) is 5.15 Å². The molecule has 0 aliphatic carbocycles.